The number of hydrogen-bond acceptors (Lipinski definition) is 1. The van der Waals surface area contributed by atoms with E-state index in [9.17, 15) is 4.79 Å². The molecule has 0 aliphatic rings. The summed E-state index contributed by atoms with van der Waals surface area (Å²) in [6.07, 6.45) is 1.73. The Kier molecular flexibility index (Phi) is 4.35. The number of hydrogen-bond donors (Lipinski definition) is 1. The summed E-state index contributed by atoms with van der Waals surface area (Å²) in [6.45, 7) is 2.08. The van der Waals surface area contributed by atoms with E-state index in [1.54, 1.807) is 0 Å². The summed E-state index contributed by atoms with van der Waals surface area (Å²) in [5.74, 6) is -0.727. The molecule has 2 aromatic rings. The molecule has 0 aliphatic carbocycles. The molecule has 0 fully saturated rings. The molecule has 0 spiro atoms. The van der Waals surface area contributed by atoms with Crippen LogP contribution in [0.15, 0.2) is 48.5 Å². The number of aliphatic carboxylic acids is 1. The number of aryl methyl sites for hydroxylation is 2. The van der Waals surface area contributed by atoms with E-state index in [-0.39, 0.29) is 6.42 Å². The summed E-state index contributed by atoms with van der Waals surface area (Å²) < 4.78 is 0. The molecule has 0 heterocycles. The van der Waals surface area contributed by atoms with Gasteiger partial charge in [-0.2, -0.15) is 0 Å². The predicted molar refractivity (Wildman–Crippen MR) is 77.2 cm³/mol. The largest absolute Gasteiger partial charge is 0.481 e. The molecule has 98 valence electrons. The van der Waals surface area contributed by atoms with Gasteiger partial charge in [-0.05, 0) is 36.5 Å². The monoisotopic (exact) mass is 254 g/mol. The zero-order valence-corrected chi connectivity index (χ0v) is 11.1. The van der Waals surface area contributed by atoms with E-state index in [0.717, 1.165) is 6.42 Å². The Morgan fingerprint density at radius 3 is 2.42 bits per heavy atom. The van der Waals surface area contributed by atoms with Crippen molar-refractivity contribution in [1.82, 2.24) is 0 Å². The van der Waals surface area contributed by atoms with Crippen LogP contribution in [0.2, 0.25) is 0 Å². The molecular weight excluding hydrogens is 236 g/mol. The van der Waals surface area contributed by atoms with E-state index in [1.165, 1.54) is 22.3 Å². The van der Waals surface area contributed by atoms with Gasteiger partial charge in [-0.15, -0.1) is 0 Å². The fraction of sp³-hybridized carbons (Fsp3) is 0.235. The van der Waals surface area contributed by atoms with Crippen molar-refractivity contribution in [2.75, 3.05) is 0 Å². The molecule has 2 nitrogen and oxygen atoms in total. The lowest BCUT2D eigenvalue weighted by atomic mass is 9.99. The van der Waals surface area contributed by atoms with Crippen LogP contribution in [-0.2, 0) is 11.2 Å². The Morgan fingerprint density at radius 1 is 1.05 bits per heavy atom. The highest BCUT2D eigenvalue weighted by Gasteiger charge is 2.01. The fourth-order valence-corrected chi connectivity index (χ4v) is 2.17. The van der Waals surface area contributed by atoms with Gasteiger partial charge in [-0.1, -0.05) is 54.1 Å². The van der Waals surface area contributed by atoms with Crippen LogP contribution in [0.3, 0.4) is 0 Å². The van der Waals surface area contributed by atoms with E-state index in [4.69, 9.17) is 5.11 Å². The van der Waals surface area contributed by atoms with Crippen LogP contribution in [0, 0.1) is 6.92 Å². The van der Waals surface area contributed by atoms with Crippen LogP contribution in [0.1, 0.15) is 24.0 Å². The third kappa shape index (κ3) is 3.95. The molecule has 2 aromatic carbocycles. The minimum atomic E-state index is -0.727. The van der Waals surface area contributed by atoms with Crippen molar-refractivity contribution in [1.29, 1.82) is 0 Å². The van der Waals surface area contributed by atoms with Crippen molar-refractivity contribution < 1.29 is 9.90 Å². The quantitative estimate of drug-likeness (QED) is 0.873. The van der Waals surface area contributed by atoms with E-state index in [2.05, 4.69) is 49.4 Å². The lowest BCUT2D eigenvalue weighted by Crippen LogP contribution is -1.96. The molecule has 19 heavy (non-hydrogen) atoms. The maximum Gasteiger partial charge on any atom is 0.303 e. The molecule has 0 radical (unpaired) electrons. The lowest BCUT2D eigenvalue weighted by molar-refractivity contribution is -0.137. The van der Waals surface area contributed by atoms with Gasteiger partial charge in [-0.3, -0.25) is 4.79 Å². The van der Waals surface area contributed by atoms with E-state index in [1.807, 2.05) is 6.07 Å². The zero-order valence-electron chi connectivity index (χ0n) is 11.1. The minimum absolute atomic E-state index is 0.231. The summed E-state index contributed by atoms with van der Waals surface area (Å²) in [5, 5.41) is 8.65. The van der Waals surface area contributed by atoms with Crippen LogP contribution in [0.25, 0.3) is 11.1 Å². The normalized spacial score (nSPS) is 10.4. The molecule has 0 atom stereocenters. The molecule has 0 bridgehead atoms. The number of carbonyl (C=O) groups is 1. The van der Waals surface area contributed by atoms with Crippen LogP contribution in [0.4, 0.5) is 0 Å². The van der Waals surface area contributed by atoms with Crippen LogP contribution < -0.4 is 0 Å². The van der Waals surface area contributed by atoms with Crippen molar-refractivity contribution in [3.8, 4) is 11.1 Å². The zero-order chi connectivity index (χ0) is 13.7. The fourth-order valence-electron chi connectivity index (χ4n) is 2.17. The second kappa shape index (κ2) is 6.19. The molecular formula is C17H18O2. The van der Waals surface area contributed by atoms with E-state index in [0.29, 0.717) is 6.42 Å². The van der Waals surface area contributed by atoms with Crippen molar-refractivity contribution >= 4 is 5.97 Å². The molecule has 2 rings (SSSR count). The molecule has 0 aromatic heterocycles. The third-order valence-corrected chi connectivity index (χ3v) is 3.13. The number of benzene rings is 2. The van der Waals surface area contributed by atoms with Gasteiger partial charge in [-0.25, -0.2) is 0 Å². The lowest BCUT2D eigenvalue weighted by Gasteiger charge is -2.06. The number of rotatable bonds is 5. The van der Waals surface area contributed by atoms with Crippen LogP contribution in [0.5, 0.6) is 0 Å². The maximum atomic E-state index is 10.5. The smallest absolute Gasteiger partial charge is 0.303 e. The van der Waals surface area contributed by atoms with E-state index >= 15 is 0 Å². The number of carboxylic acids is 1. The van der Waals surface area contributed by atoms with Gasteiger partial charge in [0.2, 0.25) is 0 Å². The first-order valence-electron chi connectivity index (χ1n) is 6.53. The van der Waals surface area contributed by atoms with Crippen molar-refractivity contribution in [3.05, 3.63) is 59.7 Å². The molecule has 1 N–H and O–H groups in total. The van der Waals surface area contributed by atoms with Crippen molar-refractivity contribution in [2.45, 2.75) is 26.2 Å². The van der Waals surface area contributed by atoms with Gasteiger partial charge >= 0.3 is 5.97 Å². The second-order valence-electron chi connectivity index (χ2n) is 4.82. The standard InChI is InChI=1S/C17H18O2/c1-13-5-2-8-15(11-13)16-9-3-6-14(12-16)7-4-10-17(18)19/h2-3,5-6,8-9,11-12H,4,7,10H2,1H3,(H,18,19). The van der Waals surface area contributed by atoms with Gasteiger partial charge in [0.15, 0.2) is 0 Å². The van der Waals surface area contributed by atoms with Crippen LogP contribution in [-0.4, -0.2) is 11.1 Å². The molecule has 0 saturated carbocycles. The Morgan fingerprint density at radius 2 is 1.74 bits per heavy atom. The highest BCUT2D eigenvalue weighted by Crippen LogP contribution is 2.22. The molecule has 2 heteroatoms. The average molecular weight is 254 g/mol. The summed E-state index contributed by atoms with van der Waals surface area (Å²) in [5.41, 5.74) is 4.84. The molecule has 0 saturated heterocycles. The Labute approximate surface area is 113 Å². The maximum absolute atomic E-state index is 10.5. The Balaban J connectivity index is 2.13. The van der Waals surface area contributed by atoms with Gasteiger partial charge in [0.1, 0.15) is 0 Å². The van der Waals surface area contributed by atoms with E-state index < -0.39 is 5.97 Å². The third-order valence-electron chi connectivity index (χ3n) is 3.13. The molecule has 0 unspecified atom stereocenters. The average Bonchev–Trinajstić information content (AvgIpc) is 2.39. The predicted octanol–water partition coefficient (Wildman–Crippen LogP) is 4.07. The van der Waals surface area contributed by atoms with Crippen molar-refractivity contribution in [2.24, 2.45) is 0 Å². The SMILES string of the molecule is Cc1cccc(-c2cccc(CCCC(=O)O)c2)c1. The van der Waals surface area contributed by atoms with Crippen LogP contribution >= 0.6 is 0 Å². The summed E-state index contributed by atoms with van der Waals surface area (Å²) in [7, 11) is 0. The van der Waals surface area contributed by atoms with Crippen molar-refractivity contribution in [3.63, 3.8) is 0 Å². The summed E-state index contributed by atoms with van der Waals surface area (Å²) >= 11 is 0. The second-order valence-corrected chi connectivity index (χ2v) is 4.82. The number of carboxylic acid groups (broad SMARTS) is 1. The summed E-state index contributed by atoms with van der Waals surface area (Å²) in [6, 6.07) is 16.7. The first-order chi connectivity index (χ1) is 9.15. The molecule has 0 amide bonds. The Bertz CT molecular complexity index is 573. The minimum Gasteiger partial charge on any atom is -0.481 e. The van der Waals surface area contributed by atoms with Gasteiger partial charge in [0, 0.05) is 6.42 Å². The highest BCUT2D eigenvalue weighted by atomic mass is 16.4. The van der Waals surface area contributed by atoms with Gasteiger partial charge < -0.3 is 5.11 Å². The van der Waals surface area contributed by atoms with Gasteiger partial charge in [0.25, 0.3) is 0 Å². The van der Waals surface area contributed by atoms with Gasteiger partial charge in [0.05, 0.1) is 0 Å². The summed E-state index contributed by atoms with van der Waals surface area (Å²) in [4.78, 5) is 10.5. The highest BCUT2D eigenvalue weighted by molar-refractivity contribution is 5.67. The topological polar surface area (TPSA) is 37.3 Å². The Hall–Kier alpha value is -2.09. The molecule has 0 aliphatic heterocycles. The first kappa shape index (κ1) is 13.3. The first-order valence-corrected chi connectivity index (χ1v) is 6.53.